The van der Waals surface area contributed by atoms with Gasteiger partial charge in [-0.05, 0) is 35.4 Å². The molecule has 2 aromatic carbocycles. The molecule has 6 heteroatoms. The second kappa shape index (κ2) is 9.01. The number of hydrogen-bond acceptors (Lipinski definition) is 4. The molecule has 1 aliphatic rings. The predicted octanol–water partition coefficient (Wildman–Crippen LogP) is 3.76. The number of carbonyl (C=O) groups is 2. The van der Waals surface area contributed by atoms with Crippen molar-refractivity contribution in [3.63, 3.8) is 0 Å². The van der Waals surface area contributed by atoms with Crippen LogP contribution in [-0.2, 0) is 17.8 Å². The number of fused-ring (bicyclic) bond motifs is 1. The number of carbonyl (C=O) groups excluding carboxylic acids is 2. The highest BCUT2D eigenvalue weighted by atomic mass is 32.2. The van der Waals surface area contributed by atoms with Gasteiger partial charge in [0.2, 0.25) is 5.91 Å². The number of thioether (sulfide) groups is 1. The monoisotopic (exact) mass is 406 g/mol. The van der Waals surface area contributed by atoms with Gasteiger partial charge in [-0.25, -0.2) is 0 Å². The molecule has 4 rings (SSSR count). The van der Waals surface area contributed by atoms with E-state index in [0.717, 1.165) is 16.9 Å². The van der Waals surface area contributed by atoms with Gasteiger partial charge in [0, 0.05) is 30.2 Å². The Kier molecular flexibility index (Phi) is 6.00. The molecule has 2 amide bonds. The summed E-state index contributed by atoms with van der Waals surface area (Å²) in [5.41, 5.74) is 2.17. The van der Waals surface area contributed by atoms with Crippen LogP contribution < -0.4 is 5.32 Å². The molecule has 0 saturated heterocycles. The van der Waals surface area contributed by atoms with Crippen molar-refractivity contribution < 1.29 is 14.0 Å². The first kappa shape index (κ1) is 19.3. The summed E-state index contributed by atoms with van der Waals surface area (Å²) >= 11 is 1.69. The summed E-state index contributed by atoms with van der Waals surface area (Å²) in [7, 11) is 0. The third-order valence-electron chi connectivity index (χ3n) is 4.96. The molecule has 0 saturated carbocycles. The van der Waals surface area contributed by atoms with Crippen molar-refractivity contribution >= 4 is 23.6 Å². The number of benzene rings is 2. The molecule has 148 valence electrons. The van der Waals surface area contributed by atoms with Crippen molar-refractivity contribution in [1.82, 2.24) is 10.2 Å². The number of furan rings is 1. The fourth-order valence-corrected chi connectivity index (χ4v) is 4.28. The zero-order chi connectivity index (χ0) is 20.1. The highest BCUT2D eigenvalue weighted by Gasteiger charge is 2.35. The minimum Gasteiger partial charge on any atom is -0.459 e. The summed E-state index contributed by atoms with van der Waals surface area (Å²) in [5.74, 6) is 0.628. The normalized spacial score (nSPS) is 15.6. The Hall–Kier alpha value is -2.99. The molecule has 1 unspecified atom stereocenters. The smallest absolute Gasteiger partial charge is 0.290 e. The molecule has 2 heterocycles. The first-order chi connectivity index (χ1) is 14.2. The van der Waals surface area contributed by atoms with Gasteiger partial charge in [0.25, 0.3) is 5.91 Å². The molecule has 0 bridgehead atoms. The Morgan fingerprint density at radius 2 is 1.76 bits per heavy atom. The molecule has 29 heavy (non-hydrogen) atoms. The molecule has 1 N–H and O–H groups in total. The average Bonchev–Trinajstić information content (AvgIpc) is 3.31. The van der Waals surface area contributed by atoms with Gasteiger partial charge in [-0.1, -0.05) is 42.5 Å². The molecule has 0 aliphatic carbocycles. The number of nitrogens with zero attached hydrogens (tertiary/aromatic N) is 1. The fraction of sp³-hybridized carbons (Fsp3) is 0.217. The van der Waals surface area contributed by atoms with Crippen LogP contribution in [0.25, 0.3) is 0 Å². The largest absolute Gasteiger partial charge is 0.459 e. The van der Waals surface area contributed by atoms with E-state index >= 15 is 0 Å². The number of rotatable bonds is 6. The zero-order valence-electron chi connectivity index (χ0n) is 15.9. The molecule has 5 nitrogen and oxygen atoms in total. The highest BCUT2D eigenvalue weighted by Crippen LogP contribution is 2.25. The Bertz CT molecular complexity index is 973. The van der Waals surface area contributed by atoms with Crippen molar-refractivity contribution in [3.05, 3.63) is 89.9 Å². The van der Waals surface area contributed by atoms with Gasteiger partial charge >= 0.3 is 0 Å². The lowest BCUT2D eigenvalue weighted by Gasteiger charge is -2.35. The quantitative estimate of drug-likeness (QED) is 0.500. The molecule has 1 aliphatic heterocycles. The van der Waals surface area contributed by atoms with Crippen LogP contribution in [0.4, 0.5) is 0 Å². The minimum absolute atomic E-state index is 0.131. The van der Waals surface area contributed by atoms with E-state index in [0.29, 0.717) is 19.5 Å². The predicted molar refractivity (Wildman–Crippen MR) is 113 cm³/mol. The van der Waals surface area contributed by atoms with Crippen LogP contribution in [0.3, 0.4) is 0 Å². The maximum absolute atomic E-state index is 13.0. The zero-order valence-corrected chi connectivity index (χ0v) is 16.7. The first-order valence-electron chi connectivity index (χ1n) is 9.59. The highest BCUT2D eigenvalue weighted by molar-refractivity contribution is 7.99. The molecule has 0 spiro atoms. The standard InChI is InChI=1S/C23H22N2O3S/c26-22(24-12-14-29-19-9-2-1-3-10-19)20-15-17-7-4-5-8-18(17)16-25(20)23(27)21-11-6-13-28-21/h1-11,13,20H,12,14-16H2,(H,24,26). The minimum atomic E-state index is -0.552. The molecule has 0 radical (unpaired) electrons. The van der Waals surface area contributed by atoms with Crippen LogP contribution >= 0.6 is 11.8 Å². The molecule has 1 aromatic heterocycles. The third kappa shape index (κ3) is 4.54. The fourth-order valence-electron chi connectivity index (χ4n) is 3.49. The Morgan fingerprint density at radius 3 is 2.52 bits per heavy atom. The van der Waals surface area contributed by atoms with E-state index in [1.165, 1.54) is 11.2 Å². The van der Waals surface area contributed by atoms with E-state index in [9.17, 15) is 9.59 Å². The van der Waals surface area contributed by atoms with Gasteiger partial charge in [0.1, 0.15) is 6.04 Å². The second-order valence-electron chi connectivity index (χ2n) is 6.85. The van der Waals surface area contributed by atoms with E-state index in [2.05, 4.69) is 5.32 Å². The van der Waals surface area contributed by atoms with Gasteiger partial charge in [-0.15, -0.1) is 11.8 Å². The van der Waals surface area contributed by atoms with Crippen molar-refractivity contribution in [2.45, 2.75) is 23.9 Å². The van der Waals surface area contributed by atoms with E-state index in [4.69, 9.17) is 4.42 Å². The van der Waals surface area contributed by atoms with Gasteiger partial charge in [-0.2, -0.15) is 0 Å². The van der Waals surface area contributed by atoms with Crippen molar-refractivity contribution in [1.29, 1.82) is 0 Å². The van der Waals surface area contributed by atoms with E-state index in [1.54, 1.807) is 28.8 Å². The summed E-state index contributed by atoms with van der Waals surface area (Å²) in [6.45, 7) is 0.936. The second-order valence-corrected chi connectivity index (χ2v) is 8.02. The van der Waals surface area contributed by atoms with Crippen molar-refractivity contribution in [2.75, 3.05) is 12.3 Å². The van der Waals surface area contributed by atoms with Crippen LogP contribution in [0.1, 0.15) is 21.7 Å². The van der Waals surface area contributed by atoms with E-state index < -0.39 is 6.04 Å². The summed E-state index contributed by atoms with van der Waals surface area (Å²) in [6.07, 6.45) is 1.97. The Labute approximate surface area is 174 Å². The molecule has 0 fully saturated rings. The van der Waals surface area contributed by atoms with Gasteiger partial charge in [0.05, 0.1) is 6.26 Å². The first-order valence-corrected chi connectivity index (χ1v) is 10.6. The van der Waals surface area contributed by atoms with Crippen LogP contribution in [0, 0.1) is 0 Å². The van der Waals surface area contributed by atoms with Gasteiger partial charge < -0.3 is 14.6 Å². The van der Waals surface area contributed by atoms with E-state index in [1.807, 2.05) is 54.6 Å². The number of nitrogens with one attached hydrogen (secondary N) is 1. The summed E-state index contributed by atoms with van der Waals surface area (Å²) < 4.78 is 5.29. The molecule has 3 aromatic rings. The summed E-state index contributed by atoms with van der Waals surface area (Å²) in [6, 6.07) is 20.8. The lowest BCUT2D eigenvalue weighted by molar-refractivity contribution is -0.126. The van der Waals surface area contributed by atoms with E-state index in [-0.39, 0.29) is 17.6 Å². The Morgan fingerprint density at radius 1 is 1.00 bits per heavy atom. The number of amides is 2. The average molecular weight is 407 g/mol. The van der Waals surface area contributed by atoms with Gasteiger partial charge in [-0.3, -0.25) is 9.59 Å². The van der Waals surface area contributed by atoms with Gasteiger partial charge in [0.15, 0.2) is 5.76 Å². The van der Waals surface area contributed by atoms with Crippen LogP contribution in [-0.4, -0.2) is 35.1 Å². The van der Waals surface area contributed by atoms with Crippen LogP contribution in [0.2, 0.25) is 0 Å². The van der Waals surface area contributed by atoms with Crippen LogP contribution in [0.15, 0.2) is 82.3 Å². The Balaban J connectivity index is 1.43. The lowest BCUT2D eigenvalue weighted by Crippen LogP contribution is -2.52. The topological polar surface area (TPSA) is 62.6 Å². The SMILES string of the molecule is O=C(NCCSc1ccccc1)C1Cc2ccccc2CN1C(=O)c1ccco1. The number of hydrogen-bond donors (Lipinski definition) is 1. The third-order valence-corrected chi connectivity index (χ3v) is 5.97. The lowest BCUT2D eigenvalue weighted by atomic mass is 9.93. The molecule has 1 atom stereocenters. The maximum atomic E-state index is 13.0. The molecular weight excluding hydrogens is 384 g/mol. The summed E-state index contributed by atoms with van der Waals surface area (Å²) in [4.78, 5) is 28.7. The summed E-state index contributed by atoms with van der Waals surface area (Å²) in [5, 5.41) is 3.00. The van der Waals surface area contributed by atoms with Crippen molar-refractivity contribution in [2.24, 2.45) is 0 Å². The maximum Gasteiger partial charge on any atom is 0.290 e. The molecular formula is C23H22N2O3S. The van der Waals surface area contributed by atoms with Crippen LogP contribution in [0.5, 0.6) is 0 Å². The van der Waals surface area contributed by atoms with Crippen molar-refractivity contribution in [3.8, 4) is 0 Å².